The van der Waals surface area contributed by atoms with E-state index < -0.39 is 0 Å². The van der Waals surface area contributed by atoms with Gasteiger partial charge in [0, 0.05) is 0 Å². The number of hydrogen-bond acceptors (Lipinski definition) is 1. The third kappa shape index (κ3) is 5.68. The van der Waals surface area contributed by atoms with Crippen molar-refractivity contribution in [2.45, 2.75) is 52.9 Å². The maximum atomic E-state index is 3.58. The molecule has 0 bridgehead atoms. The summed E-state index contributed by atoms with van der Waals surface area (Å²) in [6.07, 6.45) is 6.46. The van der Waals surface area contributed by atoms with E-state index in [0.717, 1.165) is 12.5 Å². The van der Waals surface area contributed by atoms with Gasteiger partial charge >= 0.3 is 0 Å². The van der Waals surface area contributed by atoms with Crippen molar-refractivity contribution in [1.82, 2.24) is 5.32 Å². The molecule has 1 aromatic rings. The topological polar surface area (TPSA) is 12.0 Å². The summed E-state index contributed by atoms with van der Waals surface area (Å²) in [5.41, 5.74) is 2.96. The molecule has 0 radical (unpaired) electrons. The van der Waals surface area contributed by atoms with Crippen molar-refractivity contribution >= 4 is 0 Å². The van der Waals surface area contributed by atoms with E-state index in [1.165, 1.54) is 49.8 Å². The summed E-state index contributed by atoms with van der Waals surface area (Å²) >= 11 is 0. The summed E-state index contributed by atoms with van der Waals surface area (Å²) in [4.78, 5) is 0. The Balaban J connectivity index is 2.51. The van der Waals surface area contributed by atoms with Crippen LogP contribution in [0.1, 0.15) is 50.7 Å². The fraction of sp³-hybridized carbons (Fsp3) is 0.647. The van der Waals surface area contributed by atoms with Crippen molar-refractivity contribution in [2.75, 3.05) is 13.1 Å². The number of benzene rings is 1. The first-order valence-electron chi connectivity index (χ1n) is 7.53. The Kier molecular flexibility index (Phi) is 7.75. The monoisotopic (exact) mass is 247 g/mol. The predicted molar refractivity (Wildman–Crippen MR) is 81.1 cm³/mol. The zero-order valence-corrected chi connectivity index (χ0v) is 12.3. The van der Waals surface area contributed by atoms with Gasteiger partial charge in [0.2, 0.25) is 0 Å². The molecule has 1 rings (SSSR count). The van der Waals surface area contributed by atoms with E-state index in [-0.39, 0.29) is 0 Å². The van der Waals surface area contributed by atoms with Gasteiger partial charge in [0.25, 0.3) is 0 Å². The standard InChI is InChI=1S/C17H29N/c1-4-6-10-16(14-18-12-5-2)13-17-11-8-7-9-15(17)3/h7-9,11,16,18H,4-6,10,12-14H2,1-3H3. The summed E-state index contributed by atoms with van der Waals surface area (Å²) in [6, 6.07) is 8.81. The van der Waals surface area contributed by atoms with Crippen molar-refractivity contribution in [3.63, 3.8) is 0 Å². The number of unbranched alkanes of at least 4 members (excludes halogenated alkanes) is 1. The van der Waals surface area contributed by atoms with E-state index in [2.05, 4.69) is 50.4 Å². The van der Waals surface area contributed by atoms with E-state index in [0.29, 0.717) is 0 Å². The zero-order valence-electron chi connectivity index (χ0n) is 12.3. The van der Waals surface area contributed by atoms with Gasteiger partial charge in [-0.05, 0) is 56.3 Å². The van der Waals surface area contributed by atoms with Crippen molar-refractivity contribution in [1.29, 1.82) is 0 Å². The lowest BCUT2D eigenvalue weighted by atomic mass is 9.92. The molecule has 1 atom stereocenters. The molecular formula is C17H29N. The van der Waals surface area contributed by atoms with Crippen LogP contribution in [0.2, 0.25) is 0 Å². The van der Waals surface area contributed by atoms with Gasteiger partial charge in [-0.15, -0.1) is 0 Å². The summed E-state index contributed by atoms with van der Waals surface area (Å²) in [6.45, 7) is 9.06. The maximum Gasteiger partial charge on any atom is -0.00173 e. The minimum atomic E-state index is 0.789. The van der Waals surface area contributed by atoms with E-state index in [1.54, 1.807) is 0 Å². The SMILES string of the molecule is CCCCC(CNCCC)Cc1ccccc1C. The van der Waals surface area contributed by atoms with Gasteiger partial charge in [-0.3, -0.25) is 0 Å². The molecular weight excluding hydrogens is 218 g/mol. The van der Waals surface area contributed by atoms with Gasteiger partial charge in [0.15, 0.2) is 0 Å². The van der Waals surface area contributed by atoms with Crippen LogP contribution in [0.25, 0.3) is 0 Å². The van der Waals surface area contributed by atoms with Gasteiger partial charge in [0.05, 0.1) is 0 Å². The van der Waals surface area contributed by atoms with Crippen LogP contribution in [0.5, 0.6) is 0 Å². The van der Waals surface area contributed by atoms with Crippen LogP contribution in [0, 0.1) is 12.8 Å². The molecule has 0 aromatic heterocycles. The van der Waals surface area contributed by atoms with Gasteiger partial charge in [-0.25, -0.2) is 0 Å². The second-order valence-electron chi connectivity index (χ2n) is 5.34. The quantitative estimate of drug-likeness (QED) is 0.640. The van der Waals surface area contributed by atoms with Crippen LogP contribution >= 0.6 is 0 Å². The highest BCUT2D eigenvalue weighted by atomic mass is 14.8. The first-order chi connectivity index (χ1) is 8.77. The highest BCUT2D eigenvalue weighted by Gasteiger charge is 2.10. The summed E-state index contributed by atoms with van der Waals surface area (Å²) < 4.78 is 0. The molecule has 1 nitrogen and oxygen atoms in total. The molecule has 0 aliphatic carbocycles. The largest absolute Gasteiger partial charge is 0.316 e. The van der Waals surface area contributed by atoms with Gasteiger partial charge in [0.1, 0.15) is 0 Å². The van der Waals surface area contributed by atoms with Crippen LogP contribution in [0.3, 0.4) is 0 Å². The molecule has 1 heteroatoms. The lowest BCUT2D eigenvalue weighted by molar-refractivity contribution is 0.428. The van der Waals surface area contributed by atoms with Crippen molar-refractivity contribution in [2.24, 2.45) is 5.92 Å². The Bertz CT molecular complexity index is 319. The highest BCUT2D eigenvalue weighted by Crippen LogP contribution is 2.17. The molecule has 0 heterocycles. The van der Waals surface area contributed by atoms with Crippen LogP contribution in [0.4, 0.5) is 0 Å². The summed E-state index contributed by atoms with van der Waals surface area (Å²) in [7, 11) is 0. The molecule has 0 amide bonds. The number of nitrogens with one attached hydrogen (secondary N) is 1. The molecule has 0 fully saturated rings. The molecule has 18 heavy (non-hydrogen) atoms. The van der Waals surface area contributed by atoms with Crippen molar-refractivity contribution < 1.29 is 0 Å². The van der Waals surface area contributed by atoms with Crippen LogP contribution < -0.4 is 5.32 Å². The lowest BCUT2D eigenvalue weighted by Crippen LogP contribution is -2.25. The summed E-state index contributed by atoms with van der Waals surface area (Å²) in [5, 5.41) is 3.58. The normalized spacial score (nSPS) is 12.6. The number of rotatable bonds is 9. The second kappa shape index (κ2) is 9.16. The van der Waals surface area contributed by atoms with Crippen molar-refractivity contribution in [3.8, 4) is 0 Å². The Morgan fingerprint density at radius 3 is 2.56 bits per heavy atom. The fourth-order valence-electron chi connectivity index (χ4n) is 2.40. The predicted octanol–water partition coefficient (Wildman–Crippen LogP) is 4.34. The van der Waals surface area contributed by atoms with E-state index in [9.17, 15) is 0 Å². The van der Waals surface area contributed by atoms with Crippen LogP contribution in [-0.4, -0.2) is 13.1 Å². The summed E-state index contributed by atoms with van der Waals surface area (Å²) in [5.74, 6) is 0.789. The molecule has 1 unspecified atom stereocenters. The lowest BCUT2D eigenvalue weighted by Gasteiger charge is -2.18. The van der Waals surface area contributed by atoms with E-state index in [1.807, 2.05) is 0 Å². The first kappa shape index (κ1) is 15.2. The molecule has 1 aromatic carbocycles. The van der Waals surface area contributed by atoms with Crippen LogP contribution in [-0.2, 0) is 6.42 Å². The van der Waals surface area contributed by atoms with Crippen molar-refractivity contribution in [3.05, 3.63) is 35.4 Å². The smallest absolute Gasteiger partial charge is 0.00173 e. The average Bonchev–Trinajstić information content (AvgIpc) is 2.38. The minimum absolute atomic E-state index is 0.789. The molecule has 0 aliphatic heterocycles. The first-order valence-corrected chi connectivity index (χ1v) is 7.53. The number of aryl methyl sites for hydroxylation is 1. The highest BCUT2D eigenvalue weighted by molar-refractivity contribution is 5.25. The van der Waals surface area contributed by atoms with Gasteiger partial charge in [-0.1, -0.05) is 51.0 Å². The van der Waals surface area contributed by atoms with Gasteiger partial charge < -0.3 is 5.32 Å². The van der Waals surface area contributed by atoms with Crippen LogP contribution in [0.15, 0.2) is 24.3 Å². The zero-order chi connectivity index (χ0) is 13.2. The van der Waals surface area contributed by atoms with E-state index >= 15 is 0 Å². The average molecular weight is 247 g/mol. The Labute approximate surface area is 113 Å². The molecule has 1 N–H and O–H groups in total. The molecule has 0 spiro atoms. The number of hydrogen-bond donors (Lipinski definition) is 1. The molecule has 102 valence electrons. The third-order valence-electron chi connectivity index (χ3n) is 3.60. The fourth-order valence-corrected chi connectivity index (χ4v) is 2.40. The third-order valence-corrected chi connectivity index (χ3v) is 3.60. The molecule has 0 aliphatic rings. The Hall–Kier alpha value is -0.820. The molecule has 0 saturated carbocycles. The molecule has 0 saturated heterocycles. The van der Waals surface area contributed by atoms with Gasteiger partial charge in [-0.2, -0.15) is 0 Å². The van der Waals surface area contributed by atoms with E-state index in [4.69, 9.17) is 0 Å². The second-order valence-corrected chi connectivity index (χ2v) is 5.34. The Morgan fingerprint density at radius 2 is 1.89 bits per heavy atom. The minimum Gasteiger partial charge on any atom is -0.316 e. The Morgan fingerprint density at radius 1 is 1.11 bits per heavy atom. The maximum absolute atomic E-state index is 3.58.